The molecule has 0 radical (unpaired) electrons. The van der Waals surface area contributed by atoms with E-state index in [4.69, 9.17) is 10.5 Å². The van der Waals surface area contributed by atoms with Crippen molar-refractivity contribution in [1.82, 2.24) is 10.2 Å². The van der Waals surface area contributed by atoms with Gasteiger partial charge in [0.15, 0.2) is 0 Å². The summed E-state index contributed by atoms with van der Waals surface area (Å²) < 4.78 is 5.23. The molecular weight excluding hydrogens is 242 g/mol. The van der Waals surface area contributed by atoms with Crippen LogP contribution in [-0.4, -0.2) is 44.6 Å². The number of ether oxygens (including phenoxy) is 1. The molecule has 3 N–H and O–H groups in total. The Morgan fingerprint density at radius 2 is 2.26 bits per heavy atom. The third-order valence-electron chi connectivity index (χ3n) is 3.17. The third kappa shape index (κ3) is 4.22. The van der Waals surface area contributed by atoms with Crippen LogP contribution in [0.2, 0.25) is 0 Å². The van der Waals surface area contributed by atoms with Crippen molar-refractivity contribution in [2.24, 2.45) is 5.73 Å². The summed E-state index contributed by atoms with van der Waals surface area (Å²) in [7, 11) is 3.28. The second-order valence-electron chi connectivity index (χ2n) is 4.26. The molecule has 0 aliphatic heterocycles. The van der Waals surface area contributed by atoms with E-state index in [2.05, 4.69) is 5.32 Å². The highest BCUT2D eigenvalue weighted by Gasteiger charge is 2.20. The molecule has 1 aromatic rings. The Morgan fingerprint density at radius 1 is 1.53 bits per heavy atom. The predicted octanol–water partition coefficient (Wildman–Crippen LogP) is 0.763. The normalized spacial score (nSPS) is 12.3. The molecule has 5 heteroatoms. The molecule has 0 aliphatic carbocycles. The molecule has 1 amide bonds. The maximum absolute atomic E-state index is 11.5. The van der Waals surface area contributed by atoms with E-state index in [9.17, 15) is 4.79 Å². The van der Waals surface area contributed by atoms with Crippen LogP contribution in [0, 0.1) is 0 Å². The maximum atomic E-state index is 11.5. The van der Waals surface area contributed by atoms with Crippen molar-refractivity contribution >= 4 is 5.91 Å². The Kier molecular flexibility index (Phi) is 6.32. The number of methoxy groups -OCH3 is 1. The minimum absolute atomic E-state index is 0.0109. The number of likely N-dealkylation sites (N-methyl/N-ethyl adjacent to an activating group) is 2. The molecule has 1 unspecified atom stereocenters. The fourth-order valence-electron chi connectivity index (χ4n) is 2.05. The highest BCUT2D eigenvalue weighted by Crippen LogP contribution is 2.23. The first-order valence-corrected chi connectivity index (χ1v) is 6.44. The molecule has 5 nitrogen and oxygen atoms in total. The second-order valence-corrected chi connectivity index (χ2v) is 4.26. The van der Waals surface area contributed by atoms with Gasteiger partial charge in [-0.1, -0.05) is 19.1 Å². The van der Waals surface area contributed by atoms with Crippen LogP contribution in [0.15, 0.2) is 24.3 Å². The van der Waals surface area contributed by atoms with Gasteiger partial charge in [-0.3, -0.25) is 9.69 Å². The number of hydrogen-bond donors (Lipinski definition) is 2. The average molecular weight is 265 g/mol. The van der Waals surface area contributed by atoms with Crippen molar-refractivity contribution in [3.8, 4) is 5.75 Å². The van der Waals surface area contributed by atoms with E-state index in [1.165, 1.54) is 0 Å². The van der Waals surface area contributed by atoms with Crippen LogP contribution in [0.4, 0.5) is 0 Å². The monoisotopic (exact) mass is 265 g/mol. The van der Waals surface area contributed by atoms with E-state index < -0.39 is 0 Å². The topological polar surface area (TPSA) is 67.6 Å². The van der Waals surface area contributed by atoms with Gasteiger partial charge >= 0.3 is 0 Å². The smallest absolute Gasteiger partial charge is 0.233 e. The number of hydrogen-bond acceptors (Lipinski definition) is 4. The Hall–Kier alpha value is -1.59. The van der Waals surface area contributed by atoms with Crippen molar-refractivity contribution in [1.29, 1.82) is 0 Å². The highest BCUT2D eigenvalue weighted by atomic mass is 16.5. The maximum Gasteiger partial charge on any atom is 0.233 e. The lowest BCUT2D eigenvalue weighted by atomic mass is 10.0. The Bertz CT molecular complexity index is 409. The Labute approximate surface area is 114 Å². The van der Waals surface area contributed by atoms with Gasteiger partial charge in [-0.2, -0.15) is 0 Å². The van der Waals surface area contributed by atoms with Gasteiger partial charge in [0.05, 0.1) is 13.7 Å². The van der Waals surface area contributed by atoms with Crippen LogP contribution in [0.5, 0.6) is 5.75 Å². The lowest BCUT2D eigenvalue weighted by Crippen LogP contribution is -2.40. The fraction of sp³-hybridized carbons (Fsp3) is 0.500. The molecule has 0 bridgehead atoms. The molecule has 0 aliphatic rings. The Balaban J connectivity index is 2.92. The quantitative estimate of drug-likeness (QED) is 0.764. The van der Waals surface area contributed by atoms with Gasteiger partial charge in [-0.05, 0) is 24.2 Å². The summed E-state index contributed by atoms with van der Waals surface area (Å²) in [5.74, 6) is 0.787. The molecule has 0 heterocycles. The molecule has 0 aromatic heterocycles. The molecule has 106 valence electrons. The van der Waals surface area contributed by atoms with Gasteiger partial charge in [0.1, 0.15) is 5.75 Å². The number of carbonyl (C=O) groups is 1. The summed E-state index contributed by atoms with van der Waals surface area (Å²) in [5, 5.41) is 2.64. The molecule has 0 saturated heterocycles. The van der Waals surface area contributed by atoms with Crippen LogP contribution in [0.25, 0.3) is 0 Å². The Morgan fingerprint density at radius 3 is 2.79 bits per heavy atom. The summed E-state index contributed by atoms with van der Waals surface area (Å²) in [6, 6.07) is 7.81. The van der Waals surface area contributed by atoms with Gasteiger partial charge in [-0.25, -0.2) is 0 Å². The van der Waals surface area contributed by atoms with Crippen molar-refractivity contribution < 1.29 is 9.53 Å². The lowest BCUT2D eigenvalue weighted by molar-refractivity contribution is -0.122. The van der Waals surface area contributed by atoms with Gasteiger partial charge in [-0.15, -0.1) is 0 Å². The number of carbonyl (C=O) groups excluding carboxylic acids is 1. The first-order chi connectivity index (χ1) is 9.15. The molecule has 0 spiro atoms. The van der Waals surface area contributed by atoms with Crippen LogP contribution < -0.4 is 15.8 Å². The van der Waals surface area contributed by atoms with Crippen molar-refractivity contribution in [3.05, 3.63) is 29.8 Å². The zero-order valence-corrected chi connectivity index (χ0v) is 11.8. The first-order valence-electron chi connectivity index (χ1n) is 6.44. The number of nitrogens with two attached hydrogens (primary N) is 1. The van der Waals surface area contributed by atoms with Gasteiger partial charge in [0.2, 0.25) is 5.91 Å². The van der Waals surface area contributed by atoms with Crippen LogP contribution in [0.1, 0.15) is 18.5 Å². The number of rotatable bonds is 7. The lowest BCUT2D eigenvalue weighted by Gasteiger charge is -2.29. The standard InChI is InChI=1S/C14H23N3O2/c1-4-17(10-14(18)16-2)13(9-15)11-6-5-7-12(8-11)19-3/h5-8,13H,4,9-10,15H2,1-3H3,(H,16,18). The zero-order chi connectivity index (χ0) is 14.3. The molecule has 1 rings (SSSR count). The summed E-state index contributed by atoms with van der Waals surface area (Å²) in [6.07, 6.45) is 0. The van der Waals surface area contributed by atoms with Crippen LogP contribution in [0.3, 0.4) is 0 Å². The number of amides is 1. The minimum atomic E-state index is -0.0109. The minimum Gasteiger partial charge on any atom is -0.497 e. The van der Waals surface area contributed by atoms with Gasteiger partial charge in [0.25, 0.3) is 0 Å². The molecule has 19 heavy (non-hydrogen) atoms. The van der Waals surface area contributed by atoms with Gasteiger partial charge < -0.3 is 15.8 Å². The predicted molar refractivity (Wildman–Crippen MR) is 76.1 cm³/mol. The summed E-state index contributed by atoms with van der Waals surface area (Å²) in [6.45, 7) is 3.57. The van der Waals surface area contributed by atoms with E-state index in [-0.39, 0.29) is 11.9 Å². The van der Waals surface area contributed by atoms with Gasteiger partial charge in [0, 0.05) is 19.6 Å². The van der Waals surface area contributed by atoms with E-state index in [1.807, 2.05) is 36.1 Å². The largest absolute Gasteiger partial charge is 0.497 e. The third-order valence-corrected chi connectivity index (χ3v) is 3.17. The summed E-state index contributed by atoms with van der Waals surface area (Å²) in [5.41, 5.74) is 6.94. The van der Waals surface area contributed by atoms with E-state index in [1.54, 1.807) is 14.2 Å². The molecule has 0 saturated carbocycles. The first kappa shape index (κ1) is 15.5. The SMILES string of the molecule is CCN(CC(=O)NC)C(CN)c1cccc(OC)c1. The average Bonchev–Trinajstić information content (AvgIpc) is 2.46. The van der Waals surface area contributed by atoms with Crippen molar-refractivity contribution in [2.45, 2.75) is 13.0 Å². The van der Waals surface area contributed by atoms with Crippen LogP contribution >= 0.6 is 0 Å². The molecular formula is C14H23N3O2. The molecule has 1 atom stereocenters. The van der Waals surface area contributed by atoms with Crippen LogP contribution in [-0.2, 0) is 4.79 Å². The number of nitrogens with zero attached hydrogens (tertiary/aromatic N) is 1. The van der Waals surface area contributed by atoms with E-state index >= 15 is 0 Å². The summed E-state index contributed by atoms with van der Waals surface area (Å²) in [4.78, 5) is 13.6. The zero-order valence-electron chi connectivity index (χ0n) is 11.8. The second kappa shape index (κ2) is 7.76. The van der Waals surface area contributed by atoms with Crippen molar-refractivity contribution in [2.75, 3.05) is 33.8 Å². The van der Waals surface area contributed by atoms with E-state index in [0.29, 0.717) is 13.1 Å². The number of nitrogens with one attached hydrogen (secondary N) is 1. The number of benzene rings is 1. The molecule has 1 aromatic carbocycles. The highest BCUT2D eigenvalue weighted by molar-refractivity contribution is 5.77. The fourth-order valence-corrected chi connectivity index (χ4v) is 2.05. The summed E-state index contributed by atoms with van der Waals surface area (Å²) >= 11 is 0. The van der Waals surface area contributed by atoms with E-state index in [0.717, 1.165) is 17.9 Å². The van der Waals surface area contributed by atoms with Crippen molar-refractivity contribution in [3.63, 3.8) is 0 Å². The molecule has 0 fully saturated rings.